The van der Waals surface area contributed by atoms with E-state index in [2.05, 4.69) is 22.9 Å². The first-order chi connectivity index (χ1) is 9.59. The van der Waals surface area contributed by atoms with Gasteiger partial charge in [-0.3, -0.25) is 0 Å². The van der Waals surface area contributed by atoms with Crippen molar-refractivity contribution in [2.75, 3.05) is 6.54 Å². The van der Waals surface area contributed by atoms with Crippen LogP contribution < -0.4 is 5.32 Å². The van der Waals surface area contributed by atoms with Crippen LogP contribution in [-0.2, 0) is 7.05 Å². The van der Waals surface area contributed by atoms with Gasteiger partial charge in [-0.25, -0.2) is 4.98 Å². The van der Waals surface area contributed by atoms with Gasteiger partial charge in [0.05, 0.1) is 22.7 Å². The van der Waals surface area contributed by atoms with E-state index in [9.17, 15) is 5.11 Å². The molecule has 1 unspecified atom stereocenters. The minimum Gasteiger partial charge on any atom is -0.389 e. The fourth-order valence-electron chi connectivity index (χ4n) is 3.20. The predicted molar refractivity (Wildman–Crippen MR) is 80.5 cm³/mol. The number of nitrogens with one attached hydrogen (secondary N) is 1. The van der Waals surface area contributed by atoms with Gasteiger partial charge in [0, 0.05) is 13.6 Å². The van der Waals surface area contributed by atoms with Crippen molar-refractivity contribution in [1.29, 1.82) is 0 Å². The van der Waals surface area contributed by atoms with Crippen molar-refractivity contribution in [3.63, 3.8) is 0 Å². The molecule has 108 valence electrons. The lowest BCUT2D eigenvalue weighted by Gasteiger charge is -2.25. The van der Waals surface area contributed by atoms with E-state index >= 15 is 0 Å². The second kappa shape index (κ2) is 5.19. The first-order valence-electron chi connectivity index (χ1n) is 7.46. The highest BCUT2D eigenvalue weighted by atomic mass is 16.3. The van der Waals surface area contributed by atoms with E-state index in [-0.39, 0.29) is 6.04 Å². The third-order valence-corrected chi connectivity index (χ3v) is 4.48. The summed E-state index contributed by atoms with van der Waals surface area (Å²) >= 11 is 0. The molecular weight excluding hydrogens is 250 g/mol. The second-order valence-electron chi connectivity index (χ2n) is 6.05. The van der Waals surface area contributed by atoms with Crippen LogP contribution in [0.5, 0.6) is 0 Å². The summed E-state index contributed by atoms with van der Waals surface area (Å²) in [6, 6.07) is 8.31. The zero-order chi connectivity index (χ0) is 14.2. The van der Waals surface area contributed by atoms with Crippen LogP contribution in [0.15, 0.2) is 24.3 Å². The van der Waals surface area contributed by atoms with Gasteiger partial charge in [-0.2, -0.15) is 0 Å². The van der Waals surface area contributed by atoms with Crippen LogP contribution in [0.2, 0.25) is 0 Å². The number of hydrogen-bond acceptors (Lipinski definition) is 3. The Morgan fingerprint density at radius 2 is 2.05 bits per heavy atom. The maximum atomic E-state index is 10.4. The Hall–Kier alpha value is -1.39. The van der Waals surface area contributed by atoms with Crippen molar-refractivity contribution in [2.45, 2.75) is 44.2 Å². The molecule has 2 N–H and O–H groups in total. The van der Waals surface area contributed by atoms with Gasteiger partial charge in [0.1, 0.15) is 5.82 Å². The van der Waals surface area contributed by atoms with Crippen LogP contribution in [0.25, 0.3) is 11.0 Å². The van der Waals surface area contributed by atoms with Gasteiger partial charge >= 0.3 is 0 Å². The monoisotopic (exact) mass is 273 g/mol. The Bertz CT molecular complexity index is 599. The highest BCUT2D eigenvalue weighted by molar-refractivity contribution is 5.75. The van der Waals surface area contributed by atoms with E-state index < -0.39 is 5.60 Å². The molecule has 0 radical (unpaired) electrons. The summed E-state index contributed by atoms with van der Waals surface area (Å²) in [5, 5.41) is 13.9. The zero-order valence-corrected chi connectivity index (χ0v) is 12.3. The Kier molecular flexibility index (Phi) is 3.52. The van der Waals surface area contributed by atoms with Gasteiger partial charge < -0.3 is 15.0 Å². The molecule has 1 aliphatic carbocycles. The average Bonchev–Trinajstić information content (AvgIpc) is 3.02. The maximum Gasteiger partial charge on any atom is 0.126 e. The minimum absolute atomic E-state index is 0.136. The summed E-state index contributed by atoms with van der Waals surface area (Å²) in [7, 11) is 2.05. The molecule has 3 rings (SSSR count). The van der Waals surface area contributed by atoms with E-state index in [0.29, 0.717) is 6.54 Å². The topological polar surface area (TPSA) is 50.1 Å². The van der Waals surface area contributed by atoms with Gasteiger partial charge in [0.25, 0.3) is 0 Å². The Morgan fingerprint density at radius 3 is 2.75 bits per heavy atom. The molecule has 2 aromatic rings. The van der Waals surface area contributed by atoms with E-state index in [4.69, 9.17) is 4.98 Å². The molecule has 1 saturated carbocycles. The lowest BCUT2D eigenvalue weighted by atomic mass is 10.0. The summed E-state index contributed by atoms with van der Waals surface area (Å²) in [4.78, 5) is 4.70. The maximum absolute atomic E-state index is 10.4. The van der Waals surface area contributed by atoms with Gasteiger partial charge in [-0.05, 0) is 31.9 Å². The van der Waals surface area contributed by atoms with E-state index in [1.165, 1.54) is 0 Å². The molecule has 1 aliphatic rings. The number of benzene rings is 1. The molecule has 0 amide bonds. The van der Waals surface area contributed by atoms with E-state index in [1.54, 1.807) is 0 Å². The number of nitrogens with zero attached hydrogens (tertiary/aromatic N) is 2. The van der Waals surface area contributed by atoms with Crippen LogP contribution in [0.3, 0.4) is 0 Å². The largest absolute Gasteiger partial charge is 0.389 e. The molecule has 20 heavy (non-hydrogen) atoms. The van der Waals surface area contributed by atoms with E-state index in [1.807, 2.05) is 25.2 Å². The summed E-state index contributed by atoms with van der Waals surface area (Å²) in [6.45, 7) is 2.76. The zero-order valence-electron chi connectivity index (χ0n) is 12.3. The van der Waals surface area contributed by atoms with Gasteiger partial charge in [0.15, 0.2) is 0 Å². The fourth-order valence-corrected chi connectivity index (χ4v) is 3.20. The van der Waals surface area contributed by atoms with Crippen molar-refractivity contribution in [2.24, 2.45) is 7.05 Å². The van der Waals surface area contributed by atoms with Crippen LogP contribution in [0, 0.1) is 0 Å². The van der Waals surface area contributed by atoms with Crippen LogP contribution >= 0.6 is 0 Å². The van der Waals surface area contributed by atoms with Crippen molar-refractivity contribution < 1.29 is 5.11 Å². The normalized spacial score (nSPS) is 19.6. The number of para-hydroxylation sites is 2. The number of rotatable bonds is 4. The molecule has 1 aromatic heterocycles. The summed E-state index contributed by atoms with van der Waals surface area (Å²) in [6.07, 6.45) is 4.10. The SMILES string of the molecule is CC(NCC1(O)CCCC1)c1nc2ccccc2n1C. The van der Waals surface area contributed by atoms with E-state index in [0.717, 1.165) is 42.5 Å². The fraction of sp³-hybridized carbons (Fsp3) is 0.562. The third kappa shape index (κ3) is 2.45. The quantitative estimate of drug-likeness (QED) is 0.900. The highest BCUT2D eigenvalue weighted by Crippen LogP contribution is 2.29. The lowest BCUT2D eigenvalue weighted by molar-refractivity contribution is 0.0450. The molecule has 1 fully saturated rings. The van der Waals surface area contributed by atoms with Crippen LogP contribution in [0.4, 0.5) is 0 Å². The number of fused-ring (bicyclic) bond motifs is 1. The Labute approximate surface area is 119 Å². The first kappa shape index (κ1) is 13.6. The molecule has 4 nitrogen and oxygen atoms in total. The molecule has 0 spiro atoms. The van der Waals surface area contributed by atoms with Gasteiger partial charge in [-0.1, -0.05) is 25.0 Å². The predicted octanol–water partition coefficient (Wildman–Crippen LogP) is 2.53. The molecule has 0 aliphatic heterocycles. The smallest absolute Gasteiger partial charge is 0.126 e. The number of aromatic nitrogens is 2. The standard InChI is InChI=1S/C16H23N3O/c1-12(17-11-16(20)9-5-6-10-16)15-18-13-7-3-4-8-14(13)19(15)2/h3-4,7-8,12,17,20H,5-6,9-11H2,1-2H3. The molecule has 1 atom stereocenters. The number of aryl methyl sites for hydroxylation is 1. The molecule has 0 bridgehead atoms. The van der Waals surface area contributed by atoms with Gasteiger partial charge in [0.2, 0.25) is 0 Å². The second-order valence-corrected chi connectivity index (χ2v) is 6.05. The van der Waals surface area contributed by atoms with Crippen molar-refractivity contribution in [3.8, 4) is 0 Å². The van der Waals surface area contributed by atoms with Crippen molar-refractivity contribution >= 4 is 11.0 Å². The number of aliphatic hydroxyl groups is 1. The minimum atomic E-state index is -0.515. The summed E-state index contributed by atoms with van der Waals surface area (Å²) in [5.74, 6) is 1.02. The van der Waals surface area contributed by atoms with Gasteiger partial charge in [-0.15, -0.1) is 0 Å². The summed E-state index contributed by atoms with van der Waals surface area (Å²) in [5.41, 5.74) is 1.66. The van der Waals surface area contributed by atoms with Crippen molar-refractivity contribution in [3.05, 3.63) is 30.1 Å². The number of hydrogen-bond donors (Lipinski definition) is 2. The Balaban J connectivity index is 1.75. The highest BCUT2D eigenvalue weighted by Gasteiger charge is 2.31. The molecule has 1 heterocycles. The average molecular weight is 273 g/mol. The van der Waals surface area contributed by atoms with Crippen LogP contribution in [-0.4, -0.2) is 26.8 Å². The molecule has 0 saturated heterocycles. The Morgan fingerprint density at radius 1 is 1.35 bits per heavy atom. The summed E-state index contributed by atoms with van der Waals surface area (Å²) < 4.78 is 2.13. The first-order valence-corrected chi connectivity index (χ1v) is 7.46. The van der Waals surface area contributed by atoms with Crippen molar-refractivity contribution in [1.82, 2.24) is 14.9 Å². The third-order valence-electron chi connectivity index (χ3n) is 4.48. The lowest BCUT2D eigenvalue weighted by Crippen LogP contribution is -2.39. The van der Waals surface area contributed by atoms with Crippen LogP contribution in [0.1, 0.15) is 44.5 Å². The molecule has 1 aromatic carbocycles. The molecule has 4 heteroatoms. The number of imidazole rings is 1. The molecular formula is C16H23N3O.